The molecule has 1 fully saturated rings. The number of likely N-dealkylation sites (tertiary alicyclic amines) is 1. The first kappa shape index (κ1) is 19.1. The molecule has 1 aromatic rings. The summed E-state index contributed by atoms with van der Waals surface area (Å²) in [6, 6.07) is 2.31. The van der Waals surface area contributed by atoms with Crippen molar-refractivity contribution in [3.8, 4) is 5.75 Å². The van der Waals surface area contributed by atoms with Gasteiger partial charge in [-0.1, -0.05) is 13.3 Å². The van der Waals surface area contributed by atoms with E-state index in [1.165, 1.54) is 12.1 Å². The summed E-state index contributed by atoms with van der Waals surface area (Å²) >= 11 is 0. The third kappa shape index (κ3) is 5.13. The largest absolute Gasteiger partial charge is 0.493 e. The van der Waals surface area contributed by atoms with Crippen molar-refractivity contribution in [2.75, 3.05) is 26.3 Å². The Hall–Kier alpha value is -1.24. The number of nitrogens with zero attached hydrogens (tertiary/aromatic N) is 1. The summed E-state index contributed by atoms with van der Waals surface area (Å²) in [6.07, 6.45) is 2.72. The lowest BCUT2D eigenvalue weighted by Crippen LogP contribution is -2.47. The second-order valence-corrected chi connectivity index (χ2v) is 6.37. The fourth-order valence-corrected chi connectivity index (χ4v) is 3.05. The zero-order valence-corrected chi connectivity index (χ0v) is 14.2. The molecular weight excluding hydrogens is 316 g/mol. The molecule has 4 nitrogen and oxygen atoms in total. The van der Waals surface area contributed by atoms with Gasteiger partial charge in [0.1, 0.15) is 17.4 Å². The number of ether oxygens (including phenoxy) is 1. The Morgan fingerprint density at radius 1 is 1.29 bits per heavy atom. The smallest absolute Gasteiger partial charge is 0.133 e. The van der Waals surface area contributed by atoms with Crippen LogP contribution in [0.4, 0.5) is 8.78 Å². The molecule has 1 aliphatic heterocycles. The standard InChI is InChI=1S/C18H27F2NO3/c1-2-3-8-24-15-10-17(19)16(18(20)11-15)5-7-21-6-4-14(23)9-13(21)12-22/h10-11,13-14,22-23H,2-9,12H2,1H3. The summed E-state index contributed by atoms with van der Waals surface area (Å²) in [5.74, 6) is -0.977. The summed E-state index contributed by atoms with van der Waals surface area (Å²) in [4.78, 5) is 1.98. The molecule has 1 aromatic carbocycles. The van der Waals surface area contributed by atoms with Crippen molar-refractivity contribution in [3.63, 3.8) is 0 Å². The lowest BCUT2D eigenvalue weighted by Gasteiger charge is -2.36. The van der Waals surface area contributed by atoms with Gasteiger partial charge in [0, 0.05) is 36.8 Å². The van der Waals surface area contributed by atoms with Crippen LogP contribution in [0, 0.1) is 11.6 Å². The maximum atomic E-state index is 14.2. The number of hydrogen-bond donors (Lipinski definition) is 2. The van der Waals surface area contributed by atoms with E-state index < -0.39 is 17.7 Å². The third-order valence-corrected chi connectivity index (χ3v) is 4.55. The number of piperidine rings is 1. The first-order chi connectivity index (χ1) is 11.5. The number of aliphatic hydroxyl groups is 2. The summed E-state index contributed by atoms with van der Waals surface area (Å²) in [5, 5.41) is 19.1. The molecule has 2 N–H and O–H groups in total. The van der Waals surface area contributed by atoms with Gasteiger partial charge in [-0.25, -0.2) is 8.78 Å². The van der Waals surface area contributed by atoms with E-state index in [1.807, 2.05) is 11.8 Å². The van der Waals surface area contributed by atoms with Crippen molar-refractivity contribution in [2.45, 2.75) is 51.2 Å². The van der Waals surface area contributed by atoms with Crippen molar-refractivity contribution in [1.29, 1.82) is 0 Å². The van der Waals surface area contributed by atoms with E-state index in [-0.39, 0.29) is 30.4 Å². The summed E-state index contributed by atoms with van der Waals surface area (Å²) < 4.78 is 33.7. The maximum absolute atomic E-state index is 14.2. The van der Waals surface area contributed by atoms with E-state index in [0.29, 0.717) is 32.5 Å². The van der Waals surface area contributed by atoms with Gasteiger partial charge in [-0.3, -0.25) is 4.90 Å². The molecule has 0 bridgehead atoms. The Morgan fingerprint density at radius 2 is 2.00 bits per heavy atom. The predicted octanol–water partition coefficient (Wildman–Crippen LogP) is 2.50. The van der Waals surface area contributed by atoms with Gasteiger partial charge in [-0.05, 0) is 25.7 Å². The van der Waals surface area contributed by atoms with Crippen molar-refractivity contribution in [1.82, 2.24) is 4.90 Å². The number of halogens is 2. The Labute approximate surface area is 142 Å². The highest BCUT2D eigenvalue weighted by Crippen LogP contribution is 2.23. The van der Waals surface area contributed by atoms with Crippen molar-refractivity contribution >= 4 is 0 Å². The zero-order valence-electron chi connectivity index (χ0n) is 14.2. The van der Waals surface area contributed by atoms with Gasteiger partial charge in [-0.2, -0.15) is 0 Å². The second kappa shape index (κ2) is 9.30. The van der Waals surface area contributed by atoms with Gasteiger partial charge < -0.3 is 14.9 Å². The third-order valence-electron chi connectivity index (χ3n) is 4.55. The molecule has 136 valence electrons. The molecule has 1 aliphatic rings. The number of benzene rings is 1. The van der Waals surface area contributed by atoms with E-state index in [1.54, 1.807) is 0 Å². The first-order valence-corrected chi connectivity index (χ1v) is 8.68. The van der Waals surface area contributed by atoms with Crippen molar-refractivity contribution in [2.24, 2.45) is 0 Å². The van der Waals surface area contributed by atoms with Crippen molar-refractivity contribution in [3.05, 3.63) is 29.3 Å². The fourth-order valence-electron chi connectivity index (χ4n) is 3.05. The minimum Gasteiger partial charge on any atom is -0.493 e. The number of rotatable bonds is 8. The summed E-state index contributed by atoms with van der Waals surface area (Å²) in [7, 11) is 0. The SMILES string of the molecule is CCCCOc1cc(F)c(CCN2CCC(O)CC2CO)c(F)c1. The molecule has 2 atom stereocenters. The van der Waals surface area contributed by atoms with Crippen LogP contribution >= 0.6 is 0 Å². The van der Waals surface area contributed by atoms with E-state index in [2.05, 4.69) is 0 Å². The Kier molecular flexibility index (Phi) is 7.40. The van der Waals surface area contributed by atoms with Crippen LogP contribution in [-0.4, -0.2) is 53.6 Å². The van der Waals surface area contributed by atoms with Gasteiger partial charge in [-0.15, -0.1) is 0 Å². The van der Waals surface area contributed by atoms with Gasteiger partial charge in [0.25, 0.3) is 0 Å². The average Bonchev–Trinajstić information content (AvgIpc) is 2.55. The van der Waals surface area contributed by atoms with Gasteiger partial charge in [0.2, 0.25) is 0 Å². The van der Waals surface area contributed by atoms with Crippen LogP contribution in [0.25, 0.3) is 0 Å². The molecule has 24 heavy (non-hydrogen) atoms. The Morgan fingerprint density at radius 3 is 2.62 bits per heavy atom. The topological polar surface area (TPSA) is 52.9 Å². The van der Waals surface area contributed by atoms with Crippen LogP contribution in [0.15, 0.2) is 12.1 Å². The number of hydrogen-bond acceptors (Lipinski definition) is 4. The van der Waals surface area contributed by atoms with Crippen LogP contribution in [0.3, 0.4) is 0 Å². The van der Waals surface area contributed by atoms with Crippen LogP contribution in [0.5, 0.6) is 5.75 Å². The zero-order chi connectivity index (χ0) is 17.5. The molecule has 0 radical (unpaired) electrons. The van der Waals surface area contributed by atoms with E-state index in [9.17, 15) is 19.0 Å². The van der Waals surface area contributed by atoms with E-state index in [4.69, 9.17) is 4.74 Å². The monoisotopic (exact) mass is 343 g/mol. The normalized spacial score (nSPS) is 21.9. The van der Waals surface area contributed by atoms with Gasteiger partial charge in [0.05, 0.1) is 19.3 Å². The number of unbranched alkanes of at least 4 members (excludes halogenated alkanes) is 1. The lowest BCUT2D eigenvalue weighted by atomic mass is 9.99. The minimum atomic E-state index is -0.598. The number of aliphatic hydroxyl groups excluding tert-OH is 2. The van der Waals surface area contributed by atoms with Gasteiger partial charge in [0.15, 0.2) is 0 Å². The molecule has 6 heteroatoms. The van der Waals surface area contributed by atoms with Crippen LogP contribution < -0.4 is 4.74 Å². The molecule has 1 heterocycles. The van der Waals surface area contributed by atoms with Gasteiger partial charge >= 0.3 is 0 Å². The average molecular weight is 343 g/mol. The molecule has 0 aromatic heterocycles. The highest BCUT2D eigenvalue weighted by molar-refractivity contribution is 5.30. The predicted molar refractivity (Wildman–Crippen MR) is 88.2 cm³/mol. The quantitative estimate of drug-likeness (QED) is 0.712. The lowest BCUT2D eigenvalue weighted by molar-refractivity contribution is 0.0175. The Bertz CT molecular complexity index is 504. The molecule has 2 unspecified atom stereocenters. The maximum Gasteiger partial charge on any atom is 0.133 e. The summed E-state index contributed by atoms with van der Waals surface area (Å²) in [6.45, 7) is 3.47. The van der Waals surface area contributed by atoms with Crippen LogP contribution in [0.2, 0.25) is 0 Å². The van der Waals surface area contributed by atoms with E-state index in [0.717, 1.165) is 12.8 Å². The summed E-state index contributed by atoms with van der Waals surface area (Å²) in [5.41, 5.74) is 0.0423. The molecule has 1 saturated heterocycles. The van der Waals surface area contributed by atoms with E-state index >= 15 is 0 Å². The molecule has 0 saturated carbocycles. The van der Waals surface area contributed by atoms with Crippen LogP contribution in [-0.2, 0) is 6.42 Å². The highest BCUT2D eigenvalue weighted by Gasteiger charge is 2.27. The fraction of sp³-hybridized carbons (Fsp3) is 0.667. The highest BCUT2D eigenvalue weighted by atomic mass is 19.1. The second-order valence-electron chi connectivity index (χ2n) is 6.37. The first-order valence-electron chi connectivity index (χ1n) is 8.68. The minimum absolute atomic E-state index is 0.0423. The van der Waals surface area contributed by atoms with Crippen molar-refractivity contribution < 1.29 is 23.7 Å². The van der Waals surface area contributed by atoms with Crippen LogP contribution in [0.1, 0.15) is 38.2 Å². The Balaban J connectivity index is 1.96. The molecule has 0 amide bonds. The molecular formula is C18H27F2NO3. The molecule has 0 spiro atoms. The molecule has 2 rings (SSSR count). The molecule has 0 aliphatic carbocycles.